The van der Waals surface area contributed by atoms with Crippen LogP contribution in [-0.4, -0.2) is 40.2 Å². The van der Waals surface area contributed by atoms with Gasteiger partial charge in [-0.1, -0.05) is 6.07 Å². The lowest BCUT2D eigenvalue weighted by Gasteiger charge is -2.30. The third-order valence-corrected chi connectivity index (χ3v) is 7.04. The zero-order valence-electron chi connectivity index (χ0n) is 15.7. The fourth-order valence-electron chi connectivity index (χ4n) is 3.29. The van der Waals surface area contributed by atoms with E-state index in [0.717, 1.165) is 22.9 Å². The minimum atomic E-state index is -4.73. The van der Waals surface area contributed by atoms with Crippen LogP contribution < -0.4 is 5.69 Å². The first kappa shape index (κ1) is 20.6. The molecule has 2 aromatic rings. The van der Waals surface area contributed by atoms with Crippen molar-refractivity contribution in [2.24, 2.45) is 7.05 Å². The highest BCUT2D eigenvalue weighted by Gasteiger charge is 2.39. The molecule has 0 radical (unpaired) electrons. The zero-order valence-corrected chi connectivity index (χ0v) is 16.5. The Kier molecular flexibility index (Phi) is 5.17. The standard InChI is InChI=1S/C17H21F3N4O3S/c1-11-4-5-14(10-12(11)2)28(26,27)23-8-6-13(7-9-23)24-16(25)22(3)15(21-24)17(18,19)20/h4-5,10,13H,6-9H2,1-3H3. The normalized spacial score (nSPS) is 17.2. The molecule has 0 unspecified atom stereocenters. The van der Waals surface area contributed by atoms with Crippen molar-refractivity contribution in [1.82, 2.24) is 18.7 Å². The van der Waals surface area contributed by atoms with Crippen LogP contribution in [0.2, 0.25) is 0 Å². The molecule has 1 aromatic carbocycles. The molecule has 7 nitrogen and oxygen atoms in total. The number of piperidine rings is 1. The smallest absolute Gasteiger partial charge is 0.274 e. The topological polar surface area (TPSA) is 77.2 Å². The summed E-state index contributed by atoms with van der Waals surface area (Å²) < 4.78 is 67.1. The van der Waals surface area contributed by atoms with Crippen molar-refractivity contribution in [1.29, 1.82) is 0 Å². The Morgan fingerprint density at radius 1 is 1.11 bits per heavy atom. The van der Waals surface area contributed by atoms with Crippen LogP contribution in [0.3, 0.4) is 0 Å². The molecular weight excluding hydrogens is 397 g/mol. The number of alkyl halides is 3. The summed E-state index contributed by atoms with van der Waals surface area (Å²) >= 11 is 0. The predicted molar refractivity (Wildman–Crippen MR) is 95.4 cm³/mol. The number of aryl methyl sites for hydroxylation is 2. The summed E-state index contributed by atoms with van der Waals surface area (Å²) in [4.78, 5) is 12.3. The molecule has 28 heavy (non-hydrogen) atoms. The van der Waals surface area contributed by atoms with Gasteiger partial charge in [0.15, 0.2) is 0 Å². The van der Waals surface area contributed by atoms with Crippen molar-refractivity contribution in [2.75, 3.05) is 13.1 Å². The van der Waals surface area contributed by atoms with Gasteiger partial charge in [-0.3, -0.25) is 4.57 Å². The van der Waals surface area contributed by atoms with Gasteiger partial charge in [0.25, 0.3) is 0 Å². The van der Waals surface area contributed by atoms with Crippen molar-refractivity contribution in [3.63, 3.8) is 0 Å². The Morgan fingerprint density at radius 2 is 1.71 bits per heavy atom. The number of halogens is 3. The van der Waals surface area contributed by atoms with Gasteiger partial charge in [0, 0.05) is 20.1 Å². The molecule has 154 valence electrons. The van der Waals surface area contributed by atoms with E-state index in [4.69, 9.17) is 0 Å². The Morgan fingerprint density at radius 3 is 2.21 bits per heavy atom. The van der Waals surface area contributed by atoms with Crippen LogP contribution in [0.5, 0.6) is 0 Å². The average Bonchev–Trinajstić information content (AvgIpc) is 2.93. The molecule has 1 fully saturated rings. The molecule has 1 aliphatic rings. The van der Waals surface area contributed by atoms with Crippen LogP contribution >= 0.6 is 0 Å². The minimum absolute atomic E-state index is 0.101. The summed E-state index contributed by atoms with van der Waals surface area (Å²) in [6, 6.07) is 4.31. The van der Waals surface area contributed by atoms with Gasteiger partial charge >= 0.3 is 11.9 Å². The molecule has 2 heterocycles. The summed E-state index contributed by atoms with van der Waals surface area (Å²) in [6.45, 7) is 3.91. The lowest BCUT2D eigenvalue weighted by atomic mass is 10.1. The predicted octanol–water partition coefficient (Wildman–Crippen LogP) is 2.24. The first-order chi connectivity index (χ1) is 12.9. The average molecular weight is 418 g/mol. The quantitative estimate of drug-likeness (QED) is 0.766. The second kappa shape index (κ2) is 7.03. The zero-order chi connectivity index (χ0) is 20.9. The van der Waals surface area contributed by atoms with Crippen LogP contribution in [-0.2, 0) is 23.2 Å². The van der Waals surface area contributed by atoms with Crippen LogP contribution in [0.1, 0.15) is 35.8 Å². The van der Waals surface area contributed by atoms with Crippen molar-refractivity contribution in [2.45, 2.75) is 43.8 Å². The van der Waals surface area contributed by atoms with Crippen LogP contribution in [0.25, 0.3) is 0 Å². The largest absolute Gasteiger partial charge is 0.451 e. The molecular formula is C17H21F3N4O3S. The summed E-state index contributed by atoms with van der Waals surface area (Å²) in [5.74, 6) is -1.26. The van der Waals surface area contributed by atoms with Gasteiger partial charge in [-0.25, -0.2) is 17.9 Å². The molecule has 3 rings (SSSR count). The van der Waals surface area contributed by atoms with Crippen LogP contribution in [0.4, 0.5) is 13.2 Å². The minimum Gasteiger partial charge on any atom is -0.274 e. The third kappa shape index (κ3) is 3.60. The van der Waals surface area contributed by atoms with E-state index in [9.17, 15) is 26.4 Å². The Balaban J connectivity index is 1.80. The molecule has 0 aliphatic carbocycles. The van der Waals surface area contributed by atoms with E-state index >= 15 is 0 Å². The summed E-state index contributed by atoms with van der Waals surface area (Å²) in [7, 11) is -2.68. The second-order valence-electron chi connectivity index (χ2n) is 6.99. The van der Waals surface area contributed by atoms with E-state index in [2.05, 4.69) is 5.10 Å². The lowest BCUT2D eigenvalue weighted by molar-refractivity contribution is -0.147. The fraction of sp³-hybridized carbons (Fsp3) is 0.529. The maximum atomic E-state index is 13.0. The molecule has 0 saturated carbocycles. The molecule has 0 spiro atoms. The Labute approximate surface area is 160 Å². The Hall–Kier alpha value is -2.14. The SMILES string of the molecule is Cc1ccc(S(=O)(=O)N2CCC(n3nc(C(F)(F)F)n(C)c3=O)CC2)cc1C. The summed E-state index contributed by atoms with van der Waals surface area (Å²) in [5, 5.41) is 3.45. The van der Waals surface area contributed by atoms with Crippen molar-refractivity contribution in [3.8, 4) is 0 Å². The number of hydrogen-bond donors (Lipinski definition) is 0. The number of benzene rings is 1. The number of rotatable bonds is 3. The molecule has 1 aliphatic heterocycles. The first-order valence-electron chi connectivity index (χ1n) is 8.73. The highest BCUT2D eigenvalue weighted by Crippen LogP contribution is 2.29. The van der Waals surface area contributed by atoms with Gasteiger partial charge in [0.2, 0.25) is 15.8 Å². The maximum absolute atomic E-state index is 13.0. The molecule has 11 heteroatoms. The second-order valence-corrected chi connectivity index (χ2v) is 8.93. The molecule has 0 N–H and O–H groups in total. The van der Waals surface area contributed by atoms with Crippen LogP contribution in [0.15, 0.2) is 27.9 Å². The number of hydrogen-bond acceptors (Lipinski definition) is 4. The van der Waals surface area contributed by atoms with E-state index in [0.29, 0.717) is 4.57 Å². The monoisotopic (exact) mass is 418 g/mol. The Bertz CT molecular complexity index is 1050. The molecule has 1 saturated heterocycles. The van der Waals surface area contributed by atoms with Gasteiger partial charge in [-0.15, -0.1) is 5.10 Å². The summed E-state index contributed by atoms with van der Waals surface area (Å²) in [6.07, 6.45) is -4.32. The van der Waals surface area contributed by atoms with Gasteiger partial charge < -0.3 is 0 Å². The third-order valence-electron chi connectivity index (χ3n) is 5.14. The molecule has 0 atom stereocenters. The van der Waals surface area contributed by atoms with Crippen LogP contribution in [0, 0.1) is 13.8 Å². The number of sulfonamides is 1. The number of aromatic nitrogens is 3. The first-order valence-corrected chi connectivity index (χ1v) is 10.2. The molecule has 0 bridgehead atoms. The van der Waals surface area contributed by atoms with Crippen molar-refractivity contribution >= 4 is 10.0 Å². The van der Waals surface area contributed by atoms with Gasteiger partial charge in [-0.05, 0) is 49.9 Å². The van der Waals surface area contributed by atoms with E-state index in [-0.39, 0.29) is 30.8 Å². The molecule has 1 aromatic heterocycles. The van der Waals surface area contributed by atoms with Gasteiger partial charge in [0.05, 0.1) is 10.9 Å². The van der Waals surface area contributed by atoms with Gasteiger partial charge in [0.1, 0.15) is 0 Å². The van der Waals surface area contributed by atoms with Crippen molar-refractivity contribution in [3.05, 3.63) is 45.6 Å². The van der Waals surface area contributed by atoms with E-state index in [1.165, 1.54) is 4.31 Å². The highest BCUT2D eigenvalue weighted by molar-refractivity contribution is 7.89. The number of nitrogens with zero attached hydrogens (tertiary/aromatic N) is 4. The fourth-order valence-corrected chi connectivity index (χ4v) is 4.85. The van der Waals surface area contributed by atoms with E-state index < -0.39 is 33.8 Å². The lowest BCUT2D eigenvalue weighted by Crippen LogP contribution is -2.41. The van der Waals surface area contributed by atoms with E-state index in [1.807, 2.05) is 13.8 Å². The molecule has 0 amide bonds. The maximum Gasteiger partial charge on any atom is 0.451 e. The van der Waals surface area contributed by atoms with Gasteiger partial charge in [-0.2, -0.15) is 17.5 Å². The summed E-state index contributed by atoms with van der Waals surface area (Å²) in [5.41, 5.74) is 0.978. The highest BCUT2D eigenvalue weighted by atomic mass is 32.2. The van der Waals surface area contributed by atoms with Crippen molar-refractivity contribution < 1.29 is 21.6 Å². The van der Waals surface area contributed by atoms with E-state index in [1.54, 1.807) is 18.2 Å².